The van der Waals surface area contributed by atoms with Crippen LogP contribution in [0.15, 0.2) is 0 Å². The summed E-state index contributed by atoms with van der Waals surface area (Å²) >= 11 is 0. The Labute approximate surface area is 111 Å². The highest BCUT2D eigenvalue weighted by molar-refractivity contribution is 5.81. The van der Waals surface area contributed by atoms with Crippen LogP contribution in [0.4, 0.5) is 0 Å². The molecule has 2 N–H and O–H groups in total. The lowest BCUT2D eigenvalue weighted by Gasteiger charge is -2.27. The molecule has 0 saturated carbocycles. The normalized spacial score (nSPS) is 24.2. The molecular formula is C14H28N2O2. The van der Waals surface area contributed by atoms with Crippen LogP contribution in [0.5, 0.6) is 0 Å². The number of ether oxygens (including phenoxy) is 1. The van der Waals surface area contributed by atoms with Gasteiger partial charge in [0.25, 0.3) is 0 Å². The van der Waals surface area contributed by atoms with E-state index in [0.29, 0.717) is 18.5 Å². The highest BCUT2D eigenvalue weighted by Gasteiger charge is 2.23. The molecule has 0 bridgehead atoms. The van der Waals surface area contributed by atoms with Crippen molar-refractivity contribution in [3.05, 3.63) is 0 Å². The number of amides is 1. The molecule has 1 amide bonds. The minimum absolute atomic E-state index is 0.00494. The summed E-state index contributed by atoms with van der Waals surface area (Å²) in [7, 11) is 0. The van der Waals surface area contributed by atoms with Crippen LogP contribution in [0, 0.1) is 5.92 Å². The predicted molar refractivity (Wildman–Crippen MR) is 73.5 cm³/mol. The fourth-order valence-electron chi connectivity index (χ4n) is 2.17. The molecule has 0 aromatic rings. The van der Waals surface area contributed by atoms with Crippen LogP contribution in [0.2, 0.25) is 0 Å². The van der Waals surface area contributed by atoms with Crippen molar-refractivity contribution in [1.29, 1.82) is 0 Å². The summed E-state index contributed by atoms with van der Waals surface area (Å²) in [6, 6.07) is 0.467. The van der Waals surface area contributed by atoms with Crippen molar-refractivity contribution in [2.24, 2.45) is 5.92 Å². The molecule has 0 aliphatic carbocycles. The van der Waals surface area contributed by atoms with E-state index >= 15 is 0 Å². The molecule has 0 radical (unpaired) electrons. The van der Waals surface area contributed by atoms with Crippen molar-refractivity contribution in [3.63, 3.8) is 0 Å². The first-order valence-electron chi connectivity index (χ1n) is 7.21. The quantitative estimate of drug-likeness (QED) is 0.682. The Morgan fingerprint density at radius 2 is 2.22 bits per heavy atom. The van der Waals surface area contributed by atoms with Crippen molar-refractivity contribution in [1.82, 2.24) is 10.6 Å². The van der Waals surface area contributed by atoms with Gasteiger partial charge in [-0.1, -0.05) is 13.8 Å². The van der Waals surface area contributed by atoms with Crippen molar-refractivity contribution in [2.75, 3.05) is 19.8 Å². The SMILES string of the molecule is CC(C)COCCCNC(=O)C1CCCC(C)N1. The number of carbonyl (C=O) groups excluding carboxylic acids is 1. The Bertz CT molecular complexity index is 244. The van der Waals surface area contributed by atoms with Crippen molar-refractivity contribution in [2.45, 2.75) is 58.5 Å². The number of hydrogen-bond acceptors (Lipinski definition) is 3. The summed E-state index contributed by atoms with van der Waals surface area (Å²) in [4.78, 5) is 11.9. The molecule has 4 nitrogen and oxygen atoms in total. The highest BCUT2D eigenvalue weighted by atomic mass is 16.5. The van der Waals surface area contributed by atoms with Gasteiger partial charge in [-0.05, 0) is 38.5 Å². The second-order valence-electron chi connectivity index (χ2n) is 5.66. The molecule has 0 aromatic carbocycles. The molecule has 1 heterocycles. The number of carbonyl (C=O) groups is 1. The maximum Gasteiger partial charge on any atom is 0.237 e. The lowest BCUT2D eigenvalue weighted by atomic mass is 9.99. The number of piperidine rings is 1. The molecule has 1 saturated heterocycles. The molecule has 0 aromatic heterocycles. The Morgan fingerprint density at radius 1 is 1.44 bits per heavy atom. The van der Waals surface area contributed by atoms with Gasteiger partial charge in [-0.2, -0.15) is 0 Å². The van der Waals surface area contributed by atoms with Crippen molar-refractivity contribution < 1.29 is 9.53 Å². The van der Waals surface area contributed by atoms with Gasteiger partial charge in [0.05, 0.1) is 6.04 Å². The van der Waals surface area contributed by atoms with Gasteiger partial charge in [-0.3, -0.25) is 4.79 Å². The summed E-state index contributed by atoms with van der Waals surface area (Å²) in [5.74, 6) is 0.720. The average Bonchev–Trinajstić information content (AvgIpc) is 2.33. The van der Waals surface area contributed by atoms with Crippen LogP contribution in [0.3, 0.4) is 0 Å². The second-order valence-corrected chi connectivity index (χ2v) is 5.66. The van der Waals surface area contributed by atoms with Crippen molar-refractivity contribution >= 4 is 5.91 Å². The van der Waals surface area contributed by atoms with Crippen LogP contribution < -0.4 is 10.6 Å². The second kappa shape index (κ2) is 8.48. The van der Waals surface area contributed by atoms with E-state index in [1.165, 1.54) is 6.42 Å². The molecule has 18 heavy (non-hydrogen) atoms. The minimum Gasteiger partial charge on any atom is -0.381 e. The molecule has 0 spiro atoms. The third-order valence-corrected chi connectivity index (χ3v) is 3.15. The summed E-state index contributed by atoms with van der Waals surface area (Å²) in [5.41, 5.74) is 0. The maximum atomic E-state index is 11.9. The Morgan fingerprint density at radius 3 is 2.89 bits per heavy atom. The van der Waals surface area contributed by atoms with Crippen LogP contribution >= 0.6 is 0 Å². The van der Waals surface area contributed by atoms with Crippen LogP contribution in [0.1, 0.15) is 46.5 Å². The number of nitrogens with one attached hydrogen (secondary N) is 2. The van der Waals surface area contributed by atoms with E-state index in [9.17, 15) is 4.79 Å². The molecule has 106 valence electrons. The highest BCUT2D eigenvalue weighted by Crippen LogP contribution is 2.12. The van der Waals surface area contributed by atoms with E-state index in [0.717, 1.165) is 32.5 Å². The van der Waals surface area contributed by atoms with Gasteiger partial charge in [-0.15, -0.1) is 0 Å². The third kappa shape index (κ3) is 6.36. The molecule has 4 heteroatoms. The molecular weight excluding hydrogens is 228 g/mol. The molecule has 2 atom stereocenters. The first kappa shape index (κ1) is 15.4. The number of rotatable bonds is 7. The Kier molecular flexibility index (Phi) is 7.28. The van der Waals surface area contributed by atoms with Crippen LogP contribution in [-0.2, 0) is 9.53 Å². The smallest absolute Gasteiger partial charge is 0.237 e. The van der Waals surface area contributed by atoms with Gasteiger partial charge < -0.3 is 15.4 Å². The van der Waals surface area contributed by atoms with Crippen LogP contribution in [0.25, 0.3) is 0 Å². The zero-order valence-corrected chi connectivity index (χ0v) is 12.0. The van der Waals surface area contributed by atoms with E-state index in [1.54, 1.807) is 0 Å². The van der Waals surface area contributed by atoms with Gasteiger partial charge in [0.2, 0.25) is 5.91 Å². The standard InChI is InChI=1S/C14H28N2O2/c1-11(2)10-18-9-5-8-15-14(17)13-7-4-6-12(3)16-13/h11-13,16H,4-10H2,1-3H3,(H,15,17). The number of hydrogen-bond donors (Lipinski definition) is 2. The summed E-state index contributed by atoms with van der Waals surface area (Å²) in [5, 5.41) is 6.32. The van der Waals surface area contributed by atoms with E-state index in [2.05, 4.69) is 31.4 Å². The molecule has 1 rings (SSSR count). The van der Waals surface area contributed by atoms with Gasteiger partial charge in [0.15, 0.2) is 0 Å². The van der Waals surface area contributed by atoms with E-state index < -0.39 is 0 Å². The van der Waals surface area contributed by atoms with Gasteiger partial charge in [0, 0.05) is 25.8 Å². The zero-order valence-electron chi connectivity index (χ0n) is 12.0. The maximum absolute atomic E-state index is 11.9. The zero-order chi connectivity index (χ0) is 13.4. The summed E-state index contributed by atoms with van der Waals surface area (Å²) in [6.45, 7) is 8.65. The molecule has 2 unspecified atom stereocenters. The van der Waals surface area contributed by atoms with E-state index in [1.807, 2.05) is 0 Å². The Balaban J connectivity index is 2.02. The minimum atomic E-state index is 0.00494. The third-order valence-electron chi connectivity index (χ3n) is 3.15. The molecule has 1 aliphatic rings. The van der Waals surface area contributed by atoms with Gasteiger partial charge in [-0.25, -0.2) is 0 Å². The molecule has 1 fully saturated rings. The van der Waals surface area contributed by atoms with Gasteiger partial charge in [0.1, 0.15) is 0 Å². The Hall–Kier alpha value is -0.610. The lowest BCUT2D eigenvalue weighted by molar-refractivity contribution is -0.124. The topological polar surface area (TPSA) is 50.4 Å². The summed E-state index contributed by atoms with van der Waals surface area (Å²) in [6.07, 6.45) is 4.16. The first-order valence-corrected chi connectivity index (χ1v) is 7.21. The largest absolute Gasteiger partial charge is 0.381 e. The predicted octanol–water partition coefficient (Wildman–Crippen LogP) is 1.70. The molecule has 1 aliphatic heterocycles. The fraction of sp³-hybridized carbons (Fsp3) is 0.929. The first-order chi connectivity index (χ1) is 8.59. The van der Waals surface area contributed by atoms with Gasteiger partial charge >= 0.3 is 0 Å². The lowest BCUT2D eigenvalue weighted by Crippen LogP contribution is -2.50. The van der Waals surface area contributed by atoms with E-state index in [-0.39, 0.29) is 11.9 Å². The monoisotopic (exact) mass is 256 g/mol. The average molecular weight is 256 g/mol. The van der Waals surface area contributed by atoms with E-state index in [4.69, 9.17) is 4.74 Å². The summed E-state index contributed by atoms with van der Waals surface area (Å²) < 4.78 is 5.47. The van der Waals surface area contributed by atoms with Crippen molar-refractivity contribution in [3.8, 4) is 0 Å². The van der Waals surface area contributed by atoms with Crippen LogP contribution in [-0.4, -0.2) is 37.7 Å². The fourth-order valence-corrected chi connectivity index (χ4v) is 2.17.